The molecule has 0 amide bonds. The van der Waals surface area contributed by atoms with Crippen LogP contribution in [0.4, 0.5) is 0 Å². The zero-order valence-electron chi connectivity index (χ0n) is 7.56. The van der Waals surface area contributed by atoms with Crippen LogP contribution in [0.2, 0.25) is 0 Å². The minimum absolute atomic E-state index is 0.00499. The molecule has 0 aromatic rings. The Morgan fingerprint density at radius 2 is 2.00 bits per heavy atom. The standard InChI is InChI=1S/C8H17NO3/c1-11-8(12-2)5-3-4-7(9)6-10/h3,5,7-8,10H,4,6,9H2,1-2H3/b5-3+. The van der Waals surface area contributed by atoms with Gasteiger partial charge in [-0.1, -0.05) is 6.08 Å². The molecule has 0 spiro atoms. The van der Waals surface area contributed by atoms with Crippen LogP contribution in [0.3, 0.4) is 0 Å². The van der Waals surface area contributed by atoms with Crippen LogP contribution >= 0.6 is 0 Å². The van der Waals surface area contributed by atoms with Gasteiger partial charge < -0.3 is 20.3 Å². The van der Waals surface area contributed by atoms with Crippen molar-refractivity contribution in [3.63, 3.8) is 0 Å². The van der Waals surface area contributed by atoms with Crippen LogP contribution in [0.1, 0.15) is 6.42 Å². The fourth-order valence-electron chi connectivity index (χ4n) is 0.692. The van der Waals surface area contributed by atoms with Crippen molar-refractivity contribution in [2.75, 3.05) is 20.8 Å². The minimum Gasteiger partial charge on any atom is -0.395 e. The van der Waals surface area contributed by atoms with Crippen LogP contribution in [0.15, 0.2) is 12.2 Å². The number of ether oxygens (including phenoxy) is 2. The van der Waals surface area contributed by atoms with E-state index in [4.69, 9.17) is 20.3 Å². The molecule has 72 valence electrons. The first-order valence-electron chi connectivity index (χ1n) is 3.83. The fourth-order valence-corrected chi connectivity index (χ4v) is 0.692. The maximum Gasteiger partial charge on any atom is 0.176 e. The van der Waals surface area contributed by atoms with Crippen LogP contribution in [-0.4, -0.2) is 38.3 Å². The largest absolute Gasteiger partial charge is 0.395 e. The molecule has 1 unspecified atom stereocenters. The van der Waals surface area contributed by atoms with Crippen molar-refractivity contribution in [2.45, 2.75) is 18.8 Å². The van der Waals surface area contributed by atoms with Gasteiger partial charge in [-0.3, -0.25) is 0 Å². The third kappa shape index (κ3) is 5.26. The second kappa shape index (κ2) is 7.24. The summed E-state index contributed by atoms with van der Waals surface area (Å²) in [5.74, 6) is 0. The van der Waals surface area contributed by atoms with Crippen molar-refractivity contribution in [3.8, 4) is 0 Å². The van der Waals surface area contributed by atoms with E-state index < -0.39 is 0 Å². The number of nitrogens with two attached hydrogens (primary N) is 1. The summed E-state index contributed by atoms with van der Waals surface area (Å²) in [5.41, 5.74) is 5.46. The van der Waals surface area contributed by atoms with E-state index in [9.17, 15) is 0 Å². The predicted octanol–water partition coefficient (Wildman–Crippen LogP) is -0.129. The maximum absolute atomic E-state index is 8.59. The van der Waals surface area contributed by atoms with Gasteiger partial charge in [-0.25, -0.2) is 0 Å². The van der Waals surface area contributed by atoms with Crippen molar-refractivity contribution in [1.82, 2.24) is 0 Å². The summed E-state index contributed by atoms with van der Waals surface area (Å²) < 4.78 is 9.81. The molecule has 0 aromatic heterocycles. The SMILES string of the molecule is COC(/C=C/CC(N)CO)OC. The van der Waals surface area contributed by atoms with Gasteiger partial charge in [-0.15, -0.1) is 0 Å². The maximum atomic E-state index is 8.59. The van der Waals surface area contributed by atoms with Gasteiger partial charge in [0.1, 0.15) is 0 Å². The number of methoxy groups -OCH3 is 2. The molecule has 0 bridgehead atoms. The summed E-state index contributed by atoms with van der Waals surface area (Å²) in [5, 5.41) is 8.59. The number of hydrogen-bond donors (Lipinski definition) is 2. The van der Waals surface area contributed by atoms with E-state index >= 15 is 0 Å². The molecule has 0 aromatic carbocycles. The second-order valence-corrected chi connectivity index (χ2v) is 2.45. The molecule has 4 heteroatoms. The third-order valence-corrected chi connectivity index (χ3v) is 1.43. The minimum atomic E-state index is -0.323. The van der Waals surface area contributed by atoms with E-state index in [2.05, 4.69) is 0 Å². The van der Waals surface area contributed by atoms with Gasteiger partial charge in [-0.05, 0) is 12.5 Å². The summed E-state index contributed by atoms with van der Waals surface area (Å²) in [4.78, 5) is 0. The Labute approximate surface area is 73.0 Å². The van der Waals surface area contributed by atoms with Crippen molar-refractivity contribution >= 4 is 0 Å². The molecule has 4 nitrogen and oxygen atoms in total. The Morgan fingerprint density at radius 3 is 2.42 bits per heavy atom. The molecule has 0 rings (SSSR count). The van der Waals surface area contributed by atoms with Crippen LogP contribution in [0, 0.1) is 0 Å². The molecular weight excluding hydrogens is 158 g/mol. The summed E-state index contributed by atoms with van der Waals surface area (Å²) in [6.45, 7) is -0.00499. The second-order valence-electron chi connectivity index (χ2n) is 2.45. The molecule has 1 atom stereocenters. The van der Waals surface area contributed by atoms with E-state index in [-0.39, 0.29) is 18.9 Å². The molecule has 0 aliphatic rings. The van der Waals surface area contributed by atoms with Crippen LogP contribution in [0.5, 0.6) is 0 Å². The molecule has 3 N–H and O–H groups in total. The Hall–Kier alpha value is -0.420. The normalized spacial score (nSPS) is 14.4. The fraction of sp³-hybridized carbons (Fsp3) is 0.750. The van der Waals surface area contributed by atoms with Crippen LogP contribution in [0.25, 0.3) is 0 Å². The molecule has 0 saturated heterocycles. The first kappa shape index (κ1) is 11.6. The number of rotatable bonds is 6. The lowest BCUT2D eigenvalue weighted by Crippen LogP contribution is -2.23. The zero-order valence-corrected chi connectivity index (χ0v) is 7.56. The van der Waals surface area contributed by atoms with E-state index in [0.29, 0.717) is 6.42 Å². The van der Waals surface area contributed by atoms with Gasteiger partial charge in [0.15, 0.2) is 6.29 Å². The quantitative estimate of drug-likeness (QED) is 0.436. The number of hydrogen-bond acceptors (Lipinski definition) is 4. The van der Waals surface area contributed by atoms with Gasteiger partial charge in [-0.2, -0.15) is 0 Å². The highest BCUT2D eigenvalue weighted by Gasteiger charge is 1.99. The van der Waals surface area contributed by atoms with Gasteiger partial charge in [0.05, 0.1) is 6.61 Å². The Morgan fingerprint density at radius 1 is 1.42 bits per heavy atom. The smallest absolute Gasteiger partial charge is 0.176 e. The average molecular weight is 175 g/mol. The van der Waals surface area contributed by atoms with E-state index in [1.54, 1.807) is 20.3 Å². The molecule has 0 saturated carbocycles. The van der Waals surface area contributed by atoms with Crippen LogP contribution in [-0.2, 0) is 9.47 Å². The van der Waals surface area contributed by atoms with Gasteiger partial charge in [0.25, 0.3) is 0 Å². The number of aliphatic hydroxyl groups excluding tert-OH is 1. The summed E-state index contributed by atoms with van der Waals surface area (Å²) >= 11 is 0. The molecule has 0 radical (unpaired) electrons. The van der Waals surface area contributed by atoms with Crippen LogP contribution < -0.4 is 5.73 Å². The van der Waals surface area contributed by atoms with Gasteiger partial charge in [0, 0.05) is 20.3 Å². The topological polar surface area (TPSA) is 64.7 Å². The Balaban J connectivity index is 3.58. The summed E-state index contributed by atoms with van der Waals surface area (Å²) in [6.07, 6.45) is 3.89. The average Bonchev–Trinajstić information content (AvgIpc) is 2.12. The summed E-state index contributed by atoms with van der Waals surface area (Å²) in [7, 11) is 3.12. The first-order chi connectivity index (χ1) is 5.74. The lowest BCUT2D eigenvalue weighted by Gasteiger charge is -2.08. The highest BCUT2D eigenvalue weighted by molar-refractivity contribution is 4.87. The lowest BCUT2D eigenvalue weighted by molar-refractivity contribution is -0.0667. The molecule has 0 fully saturated rings. The van der Waals surface area contributed by atoms with Crippen molar-refractivity contribution in [1.29, 1.82) is 0 Å². The first-order valence-corrected chi connectivity index (χ1v) is 3.83. The van der Waals surface area contributed by atoms with Gasteiger partial charge in [0.2, 0.25) is 0 Å². The zero-order chi connectivity index (χ0) is 9.40. The van der Waals surface area contributed by atoms with E-state index in [1.807, 2.05) is 6.08 Å². The van der Waals surface area contributed by atoms with E-state index in [0.717, 1.165) is 0 Å². The molecule has 0 heterocycles. The number of aliphatic hydroxyl groups is 1. The lowest BCUT2D eigenvalue weighted by atomic mass is 10.2. The molecule has 0 aliphatic carbocycles. The third-order valence-electron chi connectivity index (χ3n) is 1.43. The monoisotopic (exact) mass is 175 g/mol. The molecule has 0 aliphatic heterocycles. The van der Waals surface area contributed by atoms with Crippen molar-refractivity contribution < 1.29 is 14.6 Å². The van der Waals surface area contributed by atoms with Crippen molar-refractivity contribution in [2.24, 2.45) is 5.73 Å². The Kier molecular flexibility index (Phi) is 6.99. The highest BCUT2D eigenvalue weighted by atomic mass is 16.7. The predicted molar refractivity (Wildman–Crippen MR) is 46.6 cm³/mol. The highest BCUT2D eigenvalue weighted by Crippen LogP contribution is 1.96. The molecular formula is C8H17NO3. The molecule has 12 heavy (non-hydrogen) atoms. The van der Waals surface area contributed by atoms with E-state index in [1.165, 1.54) is 0 Å². The summed E-state index contributed by atoms with van der Waals surface area (Å²) in [6, 6.07) is -0.199. The van der Waals surface area contributed by atoms with Crippen molar-refractivity contribution in [3.05, 3.63) is 12.2 Å². The van der Waals surface area contributed by atoms with Gasteiger partial charge >= 0.3 is 0 Å². The Bertz CT molecular complexity index is 123.